The Morgan fingerprint density at radius 2 is 1.88 bits per heavy atom. The van der Waals surface area contributed by atoms with Crippen molar-refractivity contribution in [2.45, 2.75) is 39.2 Å². The predicted octanol–water partition coefficient (Wildman–Crippen LogP) is 0.324. The smallest absolute Gasteiger partial charge is 0.279 e. The Labute approximate surface area is 98.0 Å². The van der Waals surface area contributed by atoms with Crippen LogP contribution in [0.3, 0.4) is 0 Å². The quantitative estimate of drug-likeness (QED) is 0.755. The molecule has 16 heavy (non-hydrogen) atoms. The van der Waals surface area contributed by atoms with Crippen molar-refractivity contribution in [1.82, 2.24) is 9.03 Å². The highest BCUT2D eigenvalue weighted by molar-refractivity contribution is 7.87. The highest BCUT2D eigenvalue weighted by Gasteiger charge is 2.32. The van der Waals surface area contributed by atoms with E-state index in [0.717, 1.165) is 0 Å². The average Bonchev–Trinajstić information content (AvgIpc) is 2.14. The minimum atomic E-state index is -3.36. The van der Waals surface area contributed by atoms with E-state index in [1.165, 1.54) is 4.31 Å². The van der Waals surface area contributed by atoms with Gasteiger partial charge in [0, 0.05) is 19.6 Å². The van der Waals surface area contributed by atoms with Gasteiger partial charge in [-0.2, -0.15) is 12.7 Å². The lowest BCUT2D eigenvalue weighted by molar-refractivity contribution is 0.0124. The maximum Gasteiger partial charge on any atom is 0.279 e. The standard InChI is InChI=1S/C10H22N2O3S/c1-9(2)8-11-16(14,15)12-6-4-10(3,13)5-7-12/h9,11,13H,4-8H2,1-3H3. The molecule has 0 unspecified atom stereocenters. The van der Waals surface area contributed by atoms with Crippen LogP contribution in [0.15, 0.2) is 0 Å². The van der Waals surface area contributed by atoms with Gasteiger partial charge in [-0.05, 0) is 25.7 Å². The summed E-state index contributed by atoms with van der Waals surface area (Å²) in [6.07, 6.45) is 0.991. The monoisotopic (exact) mass is 250 g/mol. The van der Waals surface area contributed by atoms with Crippen molar-refractivity contribution in [3.63, 3.8) is 0 Å². The molecule has 5 nitrogen and oxygen atoms in total. The second-order valence-corrected chi connectivity index (χ2v) is 6.90. The maximum absolute atomic E-state index is 11.8. The van der Waals surface area contributed by atoms with E-state index in [9.17, 15) is 13.5 Å². The predicted molar refractivity (Wildman–Crippen MR) is 63.2 cm³/mol. The van der Waals surface area contributed by atoms with Gasteiger partial charge in [0.2, 0.25) is 0 Å². The molecular formula is C10H22N2O3S. The summed E-state index contributed by atoms with van der Waals surface area (Å²) in [6.45, 7) is 6.90. The van der Waals surface area contributed by atoms with E-state index in [1.807, 2.05) is 13.8 Å². The maximum atomic E-state index is 11.8. The molecule has 1 rings (SSSR count). The molecule has 0 radical (unpaired) electrons. The molecule has 2 N–H and O–H groups in total. The van der Waals surface area contributed by atoms with Gasteiger partial charge in [-0.3, -0.25) is 0 Å². The lowest BCUT2D eigenvalue weighted by atomic mass is 9.95. The first-order valence-electron chi connectivity index (χ1n) is 5.70. The summed E-state index contributed by atoms with van der Waals surface area (Å²) < 4.78 is 27.7. The van der Waals surface area contributed by atoms with E-state index >= 15 is 0 Å². The fourth-order valence-corrected chi connectivity index (χ4v) is 2.96. The molecule has 1 heterocycles. The van der Waals surface area contributed by atoms with E-state index in [2.05, 4.69) is 4.72 Å². The third-order valence-electron chi connectivity index (χ3n) is 2.81. The van der Waals surface area contributed by atoms with E-state index in [0.29, 0.717) is 38.4 Å². The van der Waals surface area contributed by atoms with Gasteiger partial charge >= 0.3 is 0 Å². The zero-order valence-electron chi connectivity index (χ0n) is 10.2. The molecule has 0 atom stereocenters. The third kappa shape index (κ3) is 4.01. The molecule has 1 saturated heterocycles. The fourth-order valence-electron chi connectivity index (χ4n) is 1.57. The summed E-state index contributed by atoms with van der Waals surface area (Å²) in [7, 11) is -3.36. The third-order valence-corrected chi connectivity index (χ3v) is 4.39. The summed E-state index contributed by atoms with van der Waals surface area (Å²) in [6, 6.07) is 0. The van der Waals surface area contributed by atoms with Gasteiger partial charge in [0.05, 0.1) is 5.60 Å². The molecule has 0 aliphatic carbocycles. The van der Waals surface area contributed by atoms with Gasteiger partial charge in [0.25, 0.3) is 10.2 Å². The first kappa shape index (κ1) is 13.9. The SMILES string of the molecule is CC(C)CNS(=O)(=O)N1CCC(C)(O)CC1. The minimum Gasteiger partial charge on any atom is -0.390 e. The first-order valence-corrected chi connectivity index (χ1v) is 7.14. The lowest BCUT2D eigenvalue weighted by Crippen LogP contribution is -2.49. The average molecular weight is 250 g/mol. The van der Waals surface area contributed by atoms with Crippen molar-refractivity contribution in [2.75, 3.05) is 19.6 Å². The molecule has 1 aliphatic rings. The van der Waals surface area contributed by atoms with E-state index in [-0.39, 0.29) is 0 Å². The van der Waals surface area contributed by atoms with E-state index < -0.39 is 15.8 Å². The summed E-state index contributed by atoms with van der Waals surface area (Å²) >= 11 is 0. The van der Waals surface area contributed by atoms with Gasteiger partial charge in [0.15, 0.2) is 0 Å². The Morgan fingerprint density at radius 1 is 1.38 bits per heavy atom. The Bertz CT molecular complexity index is 315. The number of aliphatic hydroxyl groups is 1. The Balaban J connectivity index is 2.52. The van der Waals surface area contributed by atoms with Crippen molar-refractivity contribution in [1.29, 1.82) is 0 Å². The number of piperidine rings is 1. The Kier molecular flexibility index (Phi) is 4.34. The van der Waals surface area contributed by atoms with Gasteiger partial charge in [-0.15, -0.1) is 0 Å². The molecule has 0 aromatic carbocycles. The van der Waals surface area contributed by atoms with Crippen molar-refractivity contribution >= 4 is 10.2 Å². The molecule has 0 amide bonds. The number of nitrogens with zero attached hydrogens (tertiary/aromatic N) is 1. The molecule has 0 aromatic rings. The van der Waals surface area contributed by atoms with Gasteiger partial charge in [-0.1, -0.05) is 13.8 Å². The lowest BCUT2D eigenvalue weighted by Gasteiger charge is -2.35. The van der Waals surface area contributed by atoms with Crippen LogP contribution in [0, 0.1) is 5.92 Å². The molecule has 1 fully saturated rings. The normalized spacial score (nSPS) is 22.6. The van der Waals surface area contributed by atoms with Crippen molar-refractivity contribution in [2.24, 2.45) is 5.92 Å². The molecule has 0 bridgehead atoms. The summed E-state index contributed by atoms with van der Waals surface area (Å²) in [5.74, 6) is 0.294. The van der Waals surface area contributed by atoms with E-state index in [4.69, 9.17) is 0 Å². The molecule has 6 heteroatoms. The van der Waals surface area contributed by atoms with Gasteiger partial charge in [-0.25, -0.2) is 4.72 Å². The summed E-state index contributed by atoms with van der Waals surface area (Å²) in [5.41, 5.74) is -0.718. The van der Waals surface area contributed by atoms with Crippen LogP contribution in [0.1, 0.15) is 33.6 Å². The molecule has 0 spiro atoms. The number of hydrogen-bond acceptors (Lipinski definition) is 3. The van der Waals surface area contributed by atoms with Crippen LogP contribution in [0.2, 0.25) is 0 Å². The zero-order chi connectivity index (χ0) is 12.4. The van der Waals surface area contributed by atoms with Crippen LogP contribution in [-0.2, 0) is 10.2 Å². The highest BCUT2D eigenvalue weighted by Crippen LogP contribution is 2.22. The molecule has 0 aromatic heterocycles. The number of hydrogen-bond donors (Lipinski definition) is 2. The summed E-state index contributed by atoms with van der Waals surface area (Å²) in [4.78, 5) is 0. The van der Waals surface area contributed by atoms with Crippen molar-refractivity contribution in [3.05, 3.63) is 0 Å². The molecule has 96 valence electrons. The first-order chi connectivity index (χ1) is 7.23. The fraction of sp³-hybridized carbons (Fsp3) is 1.00. The topological polar surface area (TPSA) is 69.6 Å². The van der Waals surface area contributed by atoms with Crippen LogP contribution in [0.25, 0.3) is 0 Å². The van der Waals surface area contributed by atoms with Crippen molar-refractivity contribution in [3.8, 4) is 0 Å². The van der Waals surface area contributed by atoms with E-state index in [1.54, 1.807) is 6.92 Å². The number of rotatable bonds is 4. The Morgan fingerprint density at radius 3 is 2.31 bits per heavy atom. The van der Waals surface area contributed by atoms with Gasteiger partial charge < -0.3 is 5.11 Å². The van der Waals surface area contributed by atoms with Crippen molar-refractivity contribution < 1.29 is 13.5 Å². The molecule has 1 aliphatic heterocycles. The zero-order valence-corrected chi connectivity index (χ0v) is 11.0. The van der Waals surface area contributed by atoms with Crippen LogP contribution in [0.4, 0.5) is 0 Å². The second-order valence-electron chi connectivity index (χ2n) is 5.14. The highest BCUT2D eigenvalue weighted by atomic mass is 32.2. The van der Waals surface area contributed by atoms with Gasteiger partial charge in [0.1, 0.15) is 0 Å². The number of nitrogens with one attached hydrogen (secondary N) is 1. The summed E-state index contributed by atoms with van der Waals surface area (Å²) in [5, 5.41) is 9.73. The van der Waals surface area contributed by atoms with Crippen LogP contribution in [-0.4, -0.2) is 43.1 Å². The van der Waals surface area contributed by atoms with Crippen LogP contribution < -0.4 is 4.72 Å². The largest absolute Gasteiger partial charge is 0.390 e. The second kappa shape index (κ2) is 5.00. The van der Waals surface area contributed by atoms with Crippen LogP contribution >= 0.6 is 0 Å². The molecular weight excluding hydrogens is 228 g/mol. The minimum absolute atomic E-state index is 0.294. The molecule has 0 saturated carbocycles. The Hall–Kier alpha value is -0.170. The van der Waals surface area contributed by atoms with Crippen LogP contribution in [0.5, 0.6) is 0 Å².